The number of hydrogen-bond donors (Lipinski definition) is 1. The number of nitrogens with two attached hydrogens (primary N) is 1. The Morgan fingerprint density at radius 1 is 1.57 bits per heavy atom. The van der Waals surface area contributed by atoms with Crippen molar-refractivity contribution in [3.8, 4) is 0 Å². The predicted molar refractivity (Wildman–Crippen MR) is 44.9 cm³/mol. The summed E-state index contributed by atoms with van der Waals surface area (Å²) in [6.45, 7) is 0. The van der Waals surface area contributed by atoms with E-state index in [1.165, 1.54) is 12.1 Å². The van der Waals surface area contributed by atoms with Crippen LogP contribution in [-0.2, 0) is 4.74 Å². The fourth-order valence-electron chi connectivity index (χ4n) is 0.879. The molecule has 0 radical (unpaired) electrons. The molecular weight excluding hydrogens is 194 g/mol. The molecular formula is C8H8F2N2O2. The Morgan fingerprint density at radius 2 is 2.21 bits per heavy atom. The quantitative estimate of drug-likeness (QED) is 0.736. The number of anilines is 1. The lowest BCUT2D eigenvalue weighted by Crippen LogP contribution is -2.08. The van der Waals surface area contributed by atoms with Crippen LogP contribution in [0.25, 0.3) is 0 Å². The number of carbonyl (C=O) groups excluding carboxylic acids is 1. The van der Waals surface area contributed by atoms with Crippen molar-refractivity contribution in [2.24, 2.45) is 0 Å². The summed E-state index contributed by atoms with van der Waals surface area (Å²) in [5.41, 5.74) is 4.30. The molecule has 0 spiro atoms. The zero-order valence-electron chi connectivity index (χ0n) is 7.33. The Labute approximate surface area is 78.7 Å². The van der Waals surface area contributed by atoms with Crippen molar-refractivity contribution in [3.63, 3.8) is 0 Å². The number of methoxy groups -OCH3 is 1. The zero-order valence-corrected chi connectivity index (χ0v) is 7.33. The van der Waals surface area contributed by atoms with Gasteiger partial charge in [0.15, 0.2) is 0 Å². The molecule has 1 rings (SSSR count). The minimum Gasteiger partial charge on any atom is -0.464 e. The normalized spacial score (nSPS) is 10.3. The van der Waals surface area contributed by atoms with Gasteiger partial charge in [-0.05, 0) is 12.1 Å². The maximum Gasteiger partial charge on any atom is 0.356 e. The van der Waals surface area contributed by atoms with E-state index < -0.39 is 18.1 Å². The summed E-state index contributed by atoms with van der Waals surface area (Å²) in [6.07, 6.45) is -2.81. The van der Waals surface area contributed by atoms with Crippen molar-refractivity contribution in [1.29, 1.82) is 0 Å². The molecule has 0 bridgehead atoms. The van der Waals surface area contributed by atoms with Crippen molar-refractivity contribution < 1.29 is 18.3 Å². The number of carbonyl (C=O) groups is 1. The number of aromatic nitrogens is 1. The number of alkyl halides is 2. The van der Waals surface area contributed by atoms with E-state index in [1.807, 2.05) is 0 Å². The van der Waals surface area contributed by atoms with Crippen LogP contribution in [0.2, 0.25) is 0 Å². The van der Waals surface area contributed by atoms with Gasteiger partial charge in [0.2, 0.25) is 0 Å². The van der Waals surface area contributed by atoms with Crippen LogP contribution in [0, 0.1) is 0 Å². The van der Waals surface area contributed by atoms with Crippen LogP contribution >= 0.6 is 0 Å². The van der Waals surface area contributed by atoms with E-state index in [-0.39, 0.29) is 11.4 Å². The highest BCUT2D eigenvalue weighted by Gasteiger charge is 2.16. The molecule has 0 unspecified atom stereocenters. The van der Waals surface area contributed by atoms with Crippen LogP contribution in [0.15, 0.2) is 12.1 Å². The average Bonchev–Trinajstić information content (AvgIpc) is 2.17. The summed E-state index contributed by atoms with van der Waals surface area (Å²) in [6, 6.07) is 2.42. The minimum absolute atomic E-state index is 0.146. The Bertz CT molecular complexity index is 355. The molecule has 1 heterocycles. The smallest absolute Gasteiger partial charge is 0.356 e. The maximum absolute atomic E-state index is 12.3. The molecule has 2 N–H and O–H groups in total. The highest BCUT2D eigenvalue weighted by Crippen LogP contribution is 2.22. The minimum atomic E-state index is -2.81. The van der Waals surface area contributed by atoms with Gasteiger partial charge in [0.05, 0.1) is 12.8 Å². The third kappa shape index (κ3) is 1.95. The molecule has 0 aliphatic carbocycles. The van der Waals surface area contributed by atoms with E-state index in [4.69, 9.17) is 5.73 Å². The van der Waals surface area contributed by atoms with Gasteiger partial charge < -0.3 is 10.5 Å². The zero-order chi connectivity index (χ0) is 10.7. The largest absolute Gasteiger partial charge is 0.464 e. The van der Waals surface area contributed by atoms with Crippen molar-refractivity contribution in [2.45, 2.75) is 6.43 Å². The fourth-order valence-corrected chi connectivity index (χ4v) is 0.879. The second-order valence-electron chi connectivity index (χ2n) is 2.46. The van der Waals surface area contributed by atoms with Crippen LogP contribution in [0.5, 0.6) is 0 Å². The first-order valence-corrected chi connectivity index (χ1v) is 3.69. The predicted octanol–water partition coefficient (Wildman–Crippen LogP) is 1.39. The molecule has 0 atom stereocenters. The van der Waals surface area contributed by atoms with Gasteiger partial charge in [-0.3, -0.25) is 0 Å². The second kappa shape index (κ2) is 3.99. The lowest BCUT2D eigenvalue weighted by molar-refractivity contribution is 0.0592. The van der Waals surface area contributed by atoms with Gasteiger partial charge in [-0.25, -0.2) is 18.6 Å². The van der Waals surface area contributed by atoms with E-state index in [1.54, 1.807) is 0 Å². The number of ether oxygens (including phenoxy) is 1. The van der Waals surface area contributed by atoms with E-state index in [9.17, 15) is 13.6 Å². The third-order valence-electron chi connectivity index (χ3n) is 1.56. The number of hydrogen-bond acceptors (Lipinski definition) is 4. The van der Waals surface area contributed by atoms with Crippen LogP contribution in [0.4, 0.5) is 14.5 Å². The molecule has 0 aromatic carbocycles. The topological polar surface area (TPSA) is 65.2 Å². The third-order valence-corrected chi connectivity index (χ3v) is 1.56. The van der Waals surface area contributed by atoms with Crippen LogP contribution in [0.1, 0.15) is 22.6 Å². The number of pyridine rings is 1. The van der Waals surface area contributed by atoms with Gasteiger partial charge in [-0.1, -0.05) is 0 Å². The Morgan fingerprint density at radius 3 is 2.71 bits per heavy atom. The first kappa shape index (κ1) is 10.4. The number of halogens is 2. The van der Waals surface area contributed by atoms with Crippen molar-refractivity contribution in [3.05, 3.63) is 23.5 Å². The highest BCUT2D eigenvalue weighted by molar-refractivity contribution is 5.87. The molecule has 14 heavy (non-hydrogen) atoms. The molecule has 4 nitrogen and oxygen atoms in total. The molecule has 0 fully saturated rings. The Kier molecular flexibility index (Phi) is 2.95. The summed E-state index contributed by atoms with van der Waals surface area (Å²) in [5.74, 6) is -0.771. The summed E-state index contributed by atoms with van der Waals surface area (Å²) in [4.78, 5) is 14.3. The van der Waals surface area contributed by atoms with E-state index in [0.717, 1.165) is 7.11 Å². The van der Waals surface area contributed by atoms with Crippen LogP contribution in [-0.4, -0.2) is 18.1 Å². The molecule has 1 aromatic rings. The Hall–Kier alpha value is -1.72. The molecule has 6 heteroatoms. The monoisotopic (exact) mass is 202 g/mol. The Balaban J connectivity index is 3.13. The van der Waals surface area contributed by atoms with Gasteiger partial charge in [0.25, 0.3) is 6.43 Å². The highest BCUT2D eigenvalue weighted by atomic mass is 19.3. The molecule has 0 aliphatic rings. The summed E-state index contributed by atoms with van der Waals surface area (Å²) in [5, 5.41) is 0. The van der Waals surface area contributed by atoms with E-state index >= 15 is 0 Å². The average molecular weight is 202 g/mol. The fraction of sp³-hybridized carbons (Fsp3) is 0.250. The van der Waals surface area contributed by atoms with Crippen molar-refractivity contribution in [1.82, 2.24) is 4.98 Å². The molecule has 0 amide bonds. The maximum atomic E-state index is 12.3. The van der Waals surface area contributed by atoms with Crippen LogP contribution in [0.3, 0.4) is 0 Å². The molecule has 0 aliphatic heterocycles. The van der Waals surface area contributed by atoms with Gasteiger partial charge in [-0.15, -0.1) is 0 Å². The van der Waals surface area contributed by atoms with Crippen LogP contribution < -0.4 is 5.73 Å². The molecule has 0 saturated heterocycles. The number of esters is 1. The van der Waals surface area contributed by atoms with E-state index in [0.29, 0.717) is 0 Å². The number of nitrogens with zero attached hydrogens (tertiary/aromatic N) is 1. The summed E-state index contributed by atoms with van der Waals surface area (Å²) < 4.78 is 28.9. The lowest BCUT2D eigenvalue weighted by atomic mass is 10.2. The SMILES string of the molecule is COC(=O)c1ccc(N)c(C(F)F)n1. The summed E-state index contributed by atoms with van der Waals surface area (Å²) >= 11 is 0. The van der Waals surface area contributed by atoms with Gasteiger partial charge in [0.1, 0.15) is 11.4 Å². The number of rotatable bonds is 2. The van der Waals surface area contributed by atoms with Gasteiger partial charge >= 0.3 is 5.97 Å². The molecule has 0 saturated carbocycles. The first-order chi connectivity index (χ1) is 6.56. The second-order valence-corrected chi connectivity index (χ2v) is 2.46. The lowest BCUT2D eigenvalue weighted by Gasteiger charge is -2.05. The first-order valence-electron chi connectivity index (χ1n) is 3.69. The van der Waals surface area contributed by atoms with Gasteiger partial charge in [-0.2, -0.15) is 0 Å². The van der Waals surface area contributed by atoms with Crippen molar-refractivity contribution >= 4 is 11.7 Å². The standard InChI is InChI=1S/C8H8F2N2O2/c1-14-8(13)5-3-2-4(11)6(12-5)7(9)10/h2-3,7H,11H2,1H3. The van der Waals surface area contributed by atoms with Gasteiger partial charge in [0, 0.05) is 0 Å². The van der Waals surface area contributed by atoms with E-state index in [2.05, 4.69) is 9.72 Å². The molecule has 76 valence electrons. The summed E-state index contributed by atoms with van der Waals surface area (Å²) in [7, 11) is 1.14. The van der Waals surface area contributed by atoms with Crippen molar-refractivity contribution in [2.75, 3.05) is 12.8 Å². The number of nitrogen functional groups attached to an aromatic ring is 1. The molecule has 1 aromatic heterocycles.